The zero-order valence-electron chi connectivity index (χ0n) is 17.3. The van der Waals surface area contributed by atoms with Crippen LogP contribution in [0.3, 0.4) is 0 Å². The minimum atomic E-state index is -0.409. The van der Waals surface area contributed by atoms with Gasteiger partial charge in [-0.15, -0.1) is 0 Å². The largest absolute Gasteiger partial charge is 0.310 e. The second kappa shape index (κ2) is 7.70. The maximum atomic E-state index is 10.1. The average Bonchev–Trinajstić information content (AvgIpc) is 3.12. The summed E-state index contributed by atoms with van der Waals surface area (Å²) in [7, 11) is 0. The summed E-state index contributed by atoms with van der Waals surface area (Å²) < 4.78 is 2.29. The lowest BCUT2D eigenvalue weighted by atomic mass is 9.67. The molecule has 0 unspecified atom stereocenters. The van der Waals surface area contributed by atoms with E-state index < -0.39 is 5.41 Å². The second-order valence-corrected chi connectivity index (χ2v) is 8.92. The Hall–Kier alpha value is -2.15. The van der Waals surface area contributed by atoms with E-state index in [-0.39, 0.29) is 0 Å². The van der Waals surface area contributed by atoms with Gasteiger partial charge in [-0.3, -0.25) is 4.68 Å². The van der Waals surface area contributed by atoms with Crippen LogP contribution < -0.4 is 0 Å². The van der Waals surface area contributed by atoms with Crippen LogP contribution >= 0.6 is 0 Å². The summed E-state index contributed by atoms with van der Waals surface area (Å²) in [5, 5.41) is 24.4. The lowest BCUT2D eigenvalue weighted by molar-refractivity contribution is 0.325. The molecule has 0 atom stereocenters. The molecule has 0 radical (unpaired) electrons. The zero-order valence-corrected chi connectivity index (χ0v) is 17.3. The number of hydrogen-bond acceptors (Lipinski definition) is 3. The van der Waals surface area contributed by atoms with E-state index in [2.05, 4.69) is 35.9 Å². The molecule has 2 aliphatic carbocycles. The highest BCUT2D eigenvalue weighted by Gasteiger charge is 2.38. The quantitative estimate of drug-likeness (QED) is 0.656. The molecule has 4 nitrogen and oxygen atoms in total. The third kappa shape index (κ3) is 3.26. The Labute approximate surface area is 168 Å². The van der Waals surface area contributed by atoms with Gasteiger partial charge in [-0.2, -0.15) is 10.4 Å². The number of nitriles is 1. The maximum absolute atomic E-state index is 10.1. The second-order valence-electron chi connectivity index (χ2n) is 8.92. The molecule has 0 saturated heterocycles. The molecule has 148 valence electrons. The summed E-state index contributed by atoms with van der Waals surface area (Å²) in [6, 6.07) is 9.84. The normalized spacial score (nSPS) is 26.2. The summed E-state index contributed by atoms with van der Waals surface area (Å²) >= 11 is 0. The van der Waals surface area contributed by atoms with Crippen LogP contribution in [0, 0.1) is 22.7 Å². The predicted octanol–water partition coefficient (Wildman–Crippen LogP) is 6.10. The van der Waals surface area contributed by atoms with Gasteiger partial charge in [0.1, 0.15) is 0 Å². The molecular weight excluding hydrogens is 344 g/mol. The first-order chi connectivity index (χ1) is 13.6. The van der Waals surface area contributed by atoms with Crippen molar-refractivity contribution in [2.24, 2.45) is 5.92 Å². The van der Waals surface area contributed by atoms with Gasteiger partial charge in [-0.25, -0.2) is 0 Å². The topological polar surface area (TPSA) is 65.5 Å². The van der Waals surface area contributed by atoms with Crippen LogP contribution in [0.5, 0.6) is 0 Å². The molecule has 4 heteroatoms. The number of rotatable bonds is 4. The van der Waals surface area contributed by atoms with Gasteiger partial charge in [0.15, 0.2) is 0 Å². The first-order valence-electron chi connectivity index (χ1n) is 11.1. The summed E-state index contributed by atoms with van der Waals surface area (Å²) in [5.74, 6) is 0.352. The highest BCUT2D eigenvalue weighted by Crippen LogP contribution is 2.43. The van der Waals surface area contributed by atoms with Gasteiger partial charge in [-0.05, 0) is 69.4 Å². The Morgan fingerprint density at radius 1 is 1.21 bits per heavy atom. The maximum Gasteiger partial charge on any atom is 0.0823 e. The van der Waals surface area contributed by atoms with Crippen molar-refractivity contribution in [2.75, 3.05) is 0 Å². The molecule has 0 aliphatic heterocycles. The van der Waals surface area contributed by atoms with Crippen LogP contribution in [0.25, 0.3) is 10.9 Å². The Balaban J connectivity index is 1.74. The van der Waals surface area contributed by atoms with Crippen molar-refractivity contribution < 1.29 is 0 Å². The van der Waals surface area contributed by atoms with Crippen molar-refractivity contribution >= 4 is 16.6 Å². The van der Waals surface area contributed by atoms with Crippen LogP contribution in [-0.2, 0) is 11.8 Å². The van der Waals surface area contributed by atoms with Crippen LogP contribution in [-0.4, -0.2) is 15.5 Å². The summed E-state index contributed by atoms with van der Waals surface area (Å²) in [4.78, 5) is 0. The number of fused-ring (bicyclic) bond motifs is 1. The van der Waals surface area contributed by atoms with Gasteiger partial charge in [-0.1, -0.05) is 38.3 Å². The van der Waals surface area contributed by atoms with E-state index in [0.29, 0.717) is 12.0 Å². The zero-order chi connectivity index (χ0) is 19.7. The molecule has 28 heavy (non-hydrogen) atoms. The van der Waals surface area contributed by atoms with Crippen LogP contribution in [0.2, 0.25) is 0 Å². The average molecular weight is 377 g/mol. The molecule has 0 bridgehead atoms. The Bertz CT molecular complexity index is 903. The number of aryl methyl sites for hydroxylation is 1. The van der Waals surface area contributed by atoms with Gasteiger partial charge >= 0.3 is 0 Å². The van der Waals surface area contributed by atoms with Gasteiger partial charge < -0.3 is 5.41 Å². The minimum Gasteiger partial charge on any atom is -0.310 e. The Morgan fingerprint density at radius 2 is 1.93 bits per heavy atom. The van der Waals surface area contributed by atoms with E-state index in [1.165, 1.54) is 48.7 Å². The fraction of sp³-hybridized carbons (Fsp3) is 0.625. The summed E-state index contributed by atoms with van der Waals surface area (Å²) in [6.07, 6.45) is 10.9. The van der Waals surface area contributed by atoms with E-state index in [1.807, 2.05) is 6.92 Å². The van der Waals surface area contributed by atoms with E-state index in [4.69, 9.17) is 10.5 Å². The predicted molar refractivity (Wildman–Crippen MR) is 114 cm³/mol. The molecule has 2 saturated carbocycles. The molecule has 1 aromatic carbocycles. The van der Waals surface area contributed by atoms with Crippen molar-refractivity contribution in [1.82, 2.24) is 9.78 Å². The summed E-state index contributed by atoms with van der Waals surface area (Å²) in [5.41, 5.74) is 3.92. The van der Waals surface area contributed by atoms with Gasteiger partial charge in [0, 0.05) is 11.1 Å². The van der Waals surface area contributed by atoms with Crippen molar-refractivity contribution in [3.63, 3.8) is 0 Å². The first-order valence-corrected chi connectivity index (χ1v) is 11.1. The fourth-order valence-corrected chi connectivity index (χ4v) is 5.37. The number of hydrogen-bond donors (Lipinski definition) is 1. The van der Waals surface area contributed by atoms with E-state index >= 15 is 0 Å². The molecule has 4 rings (SSSR count). The molecule has 1 aromatic heterocycles. The Morgan fingerprint density at radius 3 is 2.54 bits per heavy atom. The van der Waals surface area contributed by atoms with Gasteiger partial charge in [0.2, 0.25) is 0 Å². The fourth-order valence-electron chi connectivity index (χ4n) is 5.37. The van der Waals surface area contributed by atoms with Crippen LogP contribution in [0.4, 0.5) is 0 Å². The third-order valence-corrected chi connectivity index (χ3v) is 7.26. The molecule has 1 heterocycles. The monoisotopic (exact) mass is 376 g/mol. The van der Waals surface area contributed by atoms with Crippen molar-refractivity contribution in [3.8, 4) is 6.07 Å². The first kappa shape index (κ1) is 19.2. The number of nitrogens with zero attached hydrogens (tertiary/aromatic N) is 3. The van der Waals surface area contributed by atoms with Crippen molar-refractivity contribution in [1.29, 1.82) is 10.7 Å². The highest BCUT2D eigenvalue weighted by atomic mass is 15.3. The number of benzene rings is 1. The molecule has 2 fully saturated rings. The highest BCUT2D eigenvalue weighted by molar-refractivity contribution is 5.83. The van der Waals surface area contributed by atoms with Crippen molar-refractivity contribution in [2.45, 2.75) is 89.5 Å². The smallest absolute Gasteiger partial charge is 0.0823 e. The van der Waals surface area contributed by atoms with Crippen molar-refractivity contribution in [3.05, 3.63) is 29.5 Å². The SMILES string of the molecule is CCc1nn(C2CCCCC2)c2cc(C3(C#N)CCC(C(C)=N)CC3)ccc12. The standard InChI is InChI=1S/C24H32N4/c1-3-22-21-10-9-19(24(16-25)13-11-18(12-14-24)17(2)26)15-23(21)28(27-22)20-7-5-4-6-8-20/h9-10,15,18,20,26H,3-8,11-14H2,1-2H3. The lowest BCUT2D eigenvalue weighted by Crippen LogP contribution is -2.32. The number of nitrogens with one attached hydrogen (secondary N) is 1. The van der Waals surface area contributed by atoms with Crippen LogP contribution in [0.15, 0.2) is 18.2 Å². The van der Waals surface area contributed by atoms with Gasteiger partial charge in [0.25, 0.3) is 0 Å². The molecule has 2 aromatic rings. The third-order valence-electron chi connectivity index (χ3n) is 7.26. The molecule has 0 spiro atoms. The molecule has 0 amide bonds. The lowest BCUT2D eigenvalue weighted by Gasteiger charge is -2.35. The summed E-state index contributed by atoms with van der Waals surface area (Å²) in [6.45, 7) is 4.09. The minimum absolute atomic E-state index is 0.352. The van der Waals surface area contributed by atoms with E-state index in [0.717, 1.165) is 43.4 Å². The van der Waals surface area contributed by atoms with Crippen LogP contribution in [0.1, 0.15) is 88.9 Å². The molecule has 2 aliphatic rings. The molecular formula is C24H32N4. The molecule has 1 N–H and O–H groups in total. The van der Waals surface area contributed by atoms with E-state index in [9.17, 15) is 5.26 Å². The van der Waals surface area contributed by atoms with E-state index in [1.54, 1.807) is 0 Å². The number of aromatic nitrogens is 2. The van der Waals surface area contributed by atoms with Gasteiger partial charge in [0.05, 0.1) is 28.7 Å². The Kier molecular flexibility index (Phi) is 5.27.